The van der Waals surface area contributed by atoms with Crippen LogP contribution >= 0.6 is 11.3 Å². The molecule has 1 aromatic heterocycles. The van der Waals surface area contributed by atoms with Crippen LogP contribution in [-0.4, -0.2) is 23.2 Å². The largest absolute Gasteiger partial charge is 0.354 e. The van der Waals surface area contributed by atoms with Crippen LogP contribution in [0.5, 0.6) is 0 Å². The molecule has 0 saturated heterocycles. The molecule has 0 aliphatic rings. The van der Waals surface area contributed by atoms with Gasteiger partial charge < -0.3 is 5.32 Å². The second kappa shape index (κ2) is 4.35. The number of nitrogens with one attached hydrogen (secondary N) is 1. The number of aromatic nitrogens is 2. The second-order valence-electron chi connectivity index (χ2n) is 2.02. The Hall–Kier alpha value is -0.920. The van der Waals surface area contributed by atoms with Crippen molar-refractivity contribution < 1.29 is 17.6 Å². The summed E-state index contributed by atoms with van der Waals surface area (Å²) in [7, 11) is 0. The van der Waals surface area contributed by atoms with Crippen LogP contribution in [0.3, 0.4) is 0 Å². The minimum atomic E-state index is -2.71. The van der Waals surface area contributed by atoms with Gasteiger partial charge in [0.05, 0.1) is 6.54 Å². The van der Waals surface area contributed by atoms with E-state index in [0.29, 0.717) is 11.3 Å². The minimum Gasteiger partial charge on any atom is -0.354 e. The van der Waals surface area contributed by atoms with Crippen LogP contribution in [0.2, 0.25) is 0 Å². The maximum Gasteiger partial charge on any atom is 0.291 e. The molecule has 1 aromatic rings. The van der Waals surface area contributed by atoms with Gasteiger partial charge in [-0.2, -0.15) is 0 Å². The molecular formula is C5H5F4N3S. The summed E-state index contributed by atoms with van der Waals surface area (Å²) in [5.41, 5.74) is 0. The summed E-state index contributed by atoms with van der Waals surface area (Å²) in [6, 6.07) is 0. The van der Waals surface area contributed by atoms with E-state index in [1.54, 1.807) is 0 Å². The lowest BCUT2D eigenvalue weighted by Crippen LogP contribution is -2.09. The van der Waals surface area contributed by atoms with Crippen molar-refractivity contribution in [2.24, 2.45) is 0 Å². The highest BCUT2D eigenvalue weighted by Crippen LogP contribution is 2.24. The molecule has 1 rings (SSSR count). The van der Waals surface area contributed by atoms with Crippen molar-refractivity contribution in [2.45, 2.75) is 12.9 Å². The van der Waals surface area contributed by atoms with Gasteiger partial charge in [0, 0.05) is 0 Å². The zero-order valence-corrected chi connectivity index (χ0v) is 6.99. The number of halogens is 4. The van der Waals surface area contributed by atoms with Crippen molar-refractivity contribution in [3.8, 4) is 0 Å². The lowest BCUT2D eigenvalue weighted by atomic mass is 10.7. The quantitative estimate of drug-likeness (QED) is 0.782. The van der Waals surface area contributed by atoms with Crippen LogP contribution < -0.4 is 5.32 Å². The Balaban J connectivity index is 2.49. The molecule has 0 saturated carbocycles. The molecule has 8 heteroatoms. The molecule has 13 heavy (non-hydrogen) atoms. The highest BCUT2D eigenvalue weighted by atomic mass is 32.1. The van der Waals surface area contributed by atoms with Crippen molar-refractivity contribution in [3.63, 3.8) is 0 Å². The predicted octanol–water partition coefficient (Wildman–Crippen LogP) is 2.15. The van der Waals surface area contributed by atoms with Crippen molar-refractivity contribution in [3.05, 3.63) is 5.01 Å². The lowest BCUT2D eigenvalue weighted by molar-refractivity contribution is 0.150. The molecule has 0 bridgehead atoms. The first kappa shape index (κ1) is 10.2. The van der Waals surface area contributed by atoms with Crippen LogP contribution in [0.25, 0.3) is 0 Å². The van der Waals surface area contributed by atoms with E-state index in [4.69, 9.17) is 0 Å². The zero-order chi connectivity index (χ0) is 9.84. The van der Waals surface area contributed by atoms with E-state index < -0.39 is 24.4 Å². The fourth-order valence-corrected chi connectivity index (χ4v) is 1.16. The molecule has 0 aromatic carbocycles. The number of hydrogen-bond donors (Lipinski definition) is 1. The summed E-state index contributed by atoms with van der Waals surface area (Å²) in [4.78, 5) is 0. The van der Waals surface area contributed by atoms with Crippen molar-refractivity contribution in [1.82, 2.24) is 10.2 Å². The van der Waals surface area contributed by atoms with Gasteiger partial charge in [-0.25, -0.2) is 17.6 Å². The molecule has 74 valence electrons. The van der Waals surface area contributed by atoms with Crippen molar-refractivity contribution >= 4 is 16.5 Å². The molecule has 0 atom stereocenters. The summed E-state index contributed by atoms with van der Waals surface area (Å²) < 4.78 is 47.1. The number of nitrogens with zero attached hydrogens (tertiary/aromatic N) is 2. The Morgan fingerprint density at radius 3 is 2.38 bits per heavy atom. The molecule has 3 nitrogen and oxygen atoms in total. The van der Waals surface area contributed by atoms with E-state index >= 15 is 0 Å². The predicted molar refractivity (Wildman–Crippen MR) is 39.4 cm³/mol. The molecule has 1 N–H and O–H groups in total. The van der Waals surface area contributed by atoms with Gasteiger partial charge in [0.25, 0.3) is 12.9 Å². The molecule has 0 unspecified atom stereocenters. The van der Waals surface area contributed by atoms with E-state index in [-0.39, 0.29) is 5.13 Å². The third-order valence-electron chi connectivity index (χ3n) is 1.03. The molecular weight excluding hydrogens is 210 g/mol. The summed E-state index contributed by atoms with van der Waals surface area (Å²) in [5, 5.41) is 8.05. The first-order valence-corrected chi connectivity index (χ1v) is 4.05. The summed E-state index contributed by atoms with van der Waals surface area (Å²) in [5.74, 6) is 0. The van der Waals surface area contributed by atoms with Crippen LogP contribution in [0.15, 0.2) is 0 Å². The van der Waals surface area contributed by atoms with E-state index in [9.17, 15) is 17.6 Å². The Labute approximate surface area is 74.8 Å². The van der Waals surface area contributed by atoms with Gasteiger partial charge in [0.1, 0.15) is 0 Å². The fourth-order valence-electron chi connectivity index (χ4n) is 0.559. The van der Waals surface area contributed by atoms with Crippen LogP contribution in [0.1, 0.15) is 11.4 Å². The Morgan fingerprint density at radius 1 is 1.23 bits per heavy atom. The zero-order valence-electron chi connectivity index (χ0n) is 6.18. The highest BCUT2D eigenvalue weighted by Gasteiger charge is 2.14. The Kier molecular flexibility index (Phi) is 3.40. The first-order chi connectivity index (χ1) is 6.09. The number of alkyl halides is 4. The molecule has 0 amide bonds. The smallest absolute Gasteiger partial charge is 0.291 e. The molecule has 0 aliphatic heterocycles. The fraction of sp³-hybridized carbons (Fsp3) is 0.600. The van der Waals surface area contributed by atoms with Crippen LogP contribution in [0, 0.1) is 0 Å². The van der Waals surface area contributed by atoms with Crippen LogP contribution in [0.4, 0.5) is 22.7 Å². The lowest BCUT2D eigenvalue weighted by Gasteiger charge is -1.98. The summed E-state index contributed by atoms with van der Waals surface area (Å²) >= 11 is 0.566. The molecule has 0 spiro atoms. The third-order valence-corrected chi connectivity index (χ3v) is 1.92. The van der Waals surface area contributed by atoms with Crippen molar-refractivity contribution in [2.75, 3.05) is 11.9 Å². The van der Waals surface area contributed by atoms with Gasteiger partial charge in [-0.15, -0.1) is 10.2 Å². The minimum absolute atomic E-state index is 0.0180. The highest BCUT2D eigenvalue weighted by molar-refractivity contribution is 7.15. The van der Waals surface area contributed by atoms with Gasteiger partial charge in [-0.3, -0.25) is 0 Å². The number of rotatable bonds is 4. The van der Waals surface area contributed by atoms with Crippen molar-refractivity contribution in [1.29, 1.82) is 0 Å². The Morgan fingerprint density at radius 2 is 1.92 bits per heavy atom. The van der Waals surface area contributed by atoms with Gasteiger partial charge in [0.15, 0.2) is 5.01 Å². The normalized spacial score (nSPS) is 11.2. The van der Waals surface area contributed by atoms with Gasteiger partial charge in [-0.05, 0) is 0 Å². The summed E-state index contributed by atoms with van der Waals surface area (Å²) in [6.07, 6.45) is -5.25. The Bertz CT molecular complexity index is 264. The average Bonchev–Trinajstić information content (AvgIpc) is 2.48. The first-order valence-electron chi connectivity index (χ1n) is 3.23. The third kappa shape index (κ3) is 3.13. The monoisotopic (exact) mass is 215 g/mol. The number of anilines is 1. The molecule has 0 radical (unpaired) electrons. The maximum absolute atomic E-state index is 11.9. The van der Waals surface area contributed by atoms with Gasteiger partial charge >= 0.3 is 0 Å². The van der Waals surface area contributed by atoms with Gasteiger partial charge in [-0.1, -0.05) is 11.3 Å². The SMILES string of the molecule is FC(F)CNc1nnc(C(F)F)s1. The number of hydrogen-bond acceptors (Lipinski definition) is 4. The van der Waals surface area contributed by atoms with Gasteiger partial charge in [0.2, 0.25) is 5.13 Å². The molecule has 0 fully saturated rings. The van der Waals surface area contributed by atoms with Crippen LogP contribution in [-0.2, 0) is 0 Å². The maximum atomic E-state index is 11.9. The second-order valence-corrected chi connectivity index (χ2v) is 3.03. The molecule has 1 heterocycles. The van der Waals surface area contributed by atoms with E-state index in [1.165, 1.54) is 0 Å². The van der Waals surface area contributed by atoms with E-state index in [2.05, 4.69) is 15.5 Å². The average molecular weight is 215 g/mol. The van der Waals surface area contributed by atoms with E-state index in [0.717, 1.165) is 0 Å². The van der Waals surface area contributed by atoms with E-state index in [1.807, 2.05) is 0 Å². The standard InChI is InChI=1S/C5H5F4N3S/c6-2(7)1-10-5-12-11-4(13-5)3(8)9/h2-3H,1H2,(H,10,12). The topological polar surface area (TPSA) is 37.8 Å². The molecule has 0 aliphatic carbocycles. The summed E-state index contributed by atoms with van der Waals surface area (Å²) in [6.45, 7) is -0.613.